The average Bonchev–Trinajstić information content (AvgIpc) is 2.63. The summed E-state index contributed by atoms with van der Waals surface area (Å²) in [4.78, 5) is 26.6. The third-order valence-corrected chi connectivity index (χ3v) is 4.41. The summed E-state index contributed by atoms with van der Waals surface area (Å²) in [6, 6.07) is 9.14. The predicted molar refractivity (Wildman–Crippen MR) is 105 cm³/mol. The van der Waals surface area contributed by atoms with Crippen molar-refractivity contribution in [3.8, 4) is 0 Å². The van der Waals surface area contributed by atoms with E-state index in [2.05, 4.69) is 37.9 Å². The molecule has 0 unspecified atom stereocenters. The molecule has 0 saturated heterocycles. The van der Waals surface area contributed by atoms with Gasteiger partial charge in [0.05, 0.1) is 6.42 Å². The molecule has 26 heavy (non-hydrogen) atoms. The van der Waals surface area contributed by atoms with Crippen LogP contribution in [-0.2, 0) is 9.53 Å². The summed E-state index contributed by atoms with van der Waals surface area (Å²) >= 11 is 0. The van der Waals surface area contributed by atoms with Crippen molar-refractivity contribution in [2.24, 2.45) is 11.8 Å². The Morgan fingerprint density at radius 2 is 1.77 bits per heavy atom. The van der Waals surface area contributed by atoms with Crippen molar-refractivity contribution in [2.45, 2.75) is 40.5 Å². The van der Waals surface area contributed by atoms with Gasteiger partial charge in [0.25, 0.3) is 5.91 Å². The number of carbonyl (C=O) groups excluding carboxylic acids is 2. The molecule has 1 aromatic rings. The summed E-state index contributed by atoms with van der Waals surface area (Å²) in [5.41, 5.74) is 0.637. The molecule has 0 spiro atoms. The van der Waals surface area contributed by atoms with E-state index >= 15 is 0 Å². The molecule has 1 N–H and O–H groups in total. The zero-order valence-electron chi connectivity index (χ0n) is 16.7. The Balaban J connectivity index is 2.45. The Labute approximate surface area is 158 Å². The third kappa shape index (κ3) is 8.99. The van der Waals surface area contributed by atoms with E-state index < -0.39 is 0 Å². The van der Waals surface area contributed by atoms with Crippen molar-refractivity contribution in [2.75, 3.05) is 32.8 Å². The van der Waals surface area contributed by atoms with Gasteiger partial charge in [-0.15, -0.1) is 0 Å². The zero-order valence-corrected chi connectivity index (χ0v) is 16.7. The number of amides is 1. The van der Waals surface area contributed by atoms with Crippen LogP contribution in [0.1, 0.15) is 50.9 Å². The molecule has 0 bridgehead atoms. The van der Waals surface area contributed by atoms with Gasteiger partial charge in [0, 0.05) is 18.7 Å². The highest BCUT2D eigenvalue weighted by Gasteiger charge is 2.18. The van der Waals surface area contributed by atoms with Crippen molar-refractivity contribution in [1.82, 2.24) is 10.2 Å². The summed E-state index contributed by atoms with van der Waals surface area (Å²) < 4.78 is 5.39. The maximum Gasteiger partial charge on any atom is 0.306 e. The van der Waals surface area contributed by atoms with Crippen LogP contribution in [0.2, 0.25) is 0 Å². The van der Waals surface area contributed by atoms with Gasteiger partial charge in [0.1, 0.15) is 6.61 Å². The average molecular weight is 363 g/mol. The summed E-state index contributed by atoms with van der Waals surface area (Å²) in [5, 5.41) is 2.95. The van der Waals surface area contributed by atoms with Crippen LogP contribution < -0.4 is 5.32 Å². The molecule has 0 heterocycles. The lowest BCUT2D eigenvalue weighted by Gasteiger charge is -2.20. The van der Waals surface area contributed by atoms with Crippen molar-refractivity contribution < 1.29 is 14.3 Å². The van der Waals surface area contributed by atoms with Crippen LogP contribution in [0.25, 0.3) is 0 Å². The summed E-state index contributed by atoms with van der Waals surface area (Å²) in [5.74, 6) is 0.256. The Morgan fingerprint density at radius 1 is 1.12 bits per heavy atom. The van der Waals surface area contributed by atoms with Crippen molar-refractivity contribution in [3.05, 3.63) is 35.9 Å². The molecule has 0 aliphatic heterocycles. The lowest BCUT2D eigenvalue weighted by atomic mass is 9.94. The summed E-state index contributed by atoms with van der Waals surface area (Å²) in [6.07, 6.45) is 1.21. The molecule has 0 aromatic heterocycles. The molecular formula is C21H34N2O3. The van der Waals surface area contributed by atoms with Gasteiger partial charge < -0.3 is 15.0 Å². The highest BCUT2D eigenvalue weighted by Crippen LogP contribution is 2.16. The maximum absolute atomic E-state index is 12.2. The second kappa shape index (κ2) is 12.5. The molecule has 0 saturated carbocycles. The number of likely N-dealkylation sites (N-methyl/N-ethyl adjacent to an activating group) is 1. The number of esters is 1. The monoisotopic (exact) mass is 362 g/mol. The van der Waals surface area contributed by atoms with Crippen molar-refractivity contribution in [3.63, 3.8) is 0 Å². The van der Waals surface area contributed by atoms with Gasteiger partial charge in [0.15, 0.2) is 0 Å². The molecule has 146 valence electrons. The first-order valence-electron chi connectivity index (χ1n) is 9.67. The van der Waals surface area contributed by atoms with E-state index in [1.807, 2.05) is 18.2 Å². The molecule has 1 aromatic carbocycles. The van der Waals surface area contributed by atoms with Gasteiger partial charge in [-0.25, -0.2) is 0 Å². The molecule has 1 rings (SSSR count). The number of nitrogens with one attached hydrogen (secondary N) is 1. The maximum atomic E-state index is 12.2. The van der Waals surface area contributed by atoms with E-state index in [-0.39, 0.29) is 17.8 Å². The number of rotatable bonds is 12. The molecule has 5 heteroatoms. The van der Waals surface area contributed by atoms with Gasteiger partial charge >= 0.3 is 5.97 Å². The van der Waals surface area contributed by atoms with Crippen LogP contribution in [0.5, 0.6) is 0 Å². The van der Waals surface area contributed by atoms with Crippen LogP contribution >= 0.6 is 0 Å². The van der Waals surface area contributed by atoms with Gasteiger partial charge in [-0.1, -0.05) is 45.9 Å². The molecule has 0 aliphatic carbocycles. The standard InChI is InChI=1S/C21H34N2O3/c1-5-23(6-2)12-13-26-20(24)15-18(14-17(3)4)16-22-21(25)19-10-8-7-9-11-19/h7-11,17-18H,5-6,12-16H2,1-4H3,(H,22,25)/t18-/m0/s1. The van der Waals surface area contributed by atoms with E-state index in [4.69, 9.17) is 4.74 Å². The van der Waals surface area contributed by atoms with E-state index in [1.54, 1.807) is 12.1 Å². The van der Waals surface area contributed by atoms with Crippen LogP contribution in [0.4, 0.5) is 0 Å². The van der Waals surface area contributed by atoms with Crippen molar-refractivity contribution >= 4 is 11.9 Å². The minimum absolute atomic E-state index is 0.0867. The fourth-order valence-electron chi connectivity index (χ4n) is 2.96. The van der Waals surface area contributed by atoms with Crippen LogP contribution in [0.3, 0.4) is 0 Å². The minimum Gasteiger partial charge on any atom is -0.464 e. The van der Waals surface area contributed by atoms with E-state index in [9.17, 15) is 9.59 Å². The number of nitrogens with zero attached hydrogens (tertiary/aromatic N) is 1. The first kappa shape index (κ1) is 22.2. The first-order chi connectivity index (χ1) is 12.5. The second-order valence-electron chi connectivity index (χ2n) is 7.02. The number of hydrogen-bond acceptors (Lipinski definition) is 4. The van der Waals surface area contributed by atoms with E-state index in [0.717, 1.165) is 26.1 Å². The fourth-order valence-corrected chi connectivity index (χ4v) is 2.96. The topological polar surface area (TPSA) is 58.6 Å². The zero-order chi connectivity index (χ0) is 19.4. The highest BCUT2D eigenvalue weighted by atomic mass is 16.5. The Hall–Kier alpha value is -1.88. The third-order valence-electron chi connectivity index (χ3n) is 4.41. The second-order valence-corrected chi connectivity index (χ2v) is 7.02. The Bertz CT molecular complexity index is 527. The number of hydrogen-bond donors (Lipinski definition) is 1. The SMILES string of the molecule is CCN(CC)CCOC(=O)C[C@@H](CNC(=O)c1ccccc1)CC(C)C. The molecular weight excluding hydrogens is 328 g/mol. The number of ether oxygens (including phenoxy) is 1. The lowest BCUT2D eigenvalue weighted by molar-refractivity contribution is -0.145. The Kier molecular flexibility index (Phi) is 10.6. The van der Waals surface area contributed by atoms with Crippen LogP contribution in [0, 0.1) is 11.8 Å². The normalized spacial score (nSPS) is 12.2. The van der Waals surface area contributed by atoms with Gasteiger partial charge in [-0.2, -0.15) is 0 Å². The quantitative estimate of drug-likeness (QED) is 0.579. The lowest BCUT2D eigenvalue weighted by Crippen LogP contribution is -2.32. The van der Waals surface area contributed by atoms with Crippen molar-refractivity contribution in [1.29, 1.82) is 0 Å². The number of carbonyl (C=O) groups is 2. The van der Waals surface area contributed by atoms with E-state index in [0.29, 0.717) is 31.1 Å². The molecule has 0 fully saturated rings. The van der Waals surface area contributed by atoms with E-state index in [1.165, 1.54) is 0 Å². The number of benzene rings is 1. The predicted octanol–water partition coefficient (Wildman–Crippen LogP) is 3.35. The summed E-state index contributed by atoms with van der Waals surface area (Å²) in [6.45, 7) is 12.0. The van der Waals surface area contributed by atoms with Crippen LogP contribution in [0.15, 0.2) is 30.3 Å². The fraction of sp³-hybridized carbons (Fsp3) is 0.619. The molecule has 0 radical (unpaired) electrons. The summed E-state index contributed by atoms with van der Waals surface area (Å²) in [7, 11) is 0. The van der Waals surface area contributed by atoms with Gasteiger partial charge in [0.2, 0.25) is 0 Å². The molecule has 1 atom stereocenters. The smallest absolute Gasteiger partial charge is 0.306 e. The molecule has 0 aliphatic rings. The Morgan fingerprint density at radius 3 is 2.35 bits per heavy atom. The largest absolute Gasteiger partial charge is 0.464 e. The van der Waals surface area contributed by atoms with Gasteiger partial charge in [-0.3, -0.25) is 9.59 Å². The van der Waals surface area contributed by atoms with Crippen LogP contribution in [-0.4, -0.2) is 49.6 Å². The van der Waals surface area contributed by atoms with Gasteiger partial charge in [-0.05, 0) is 43.5 Å². The highest BCUT2D eigenvalue weighted by molar-refractivity contribution is 5.94. The molecule has 1 amide bonds. The first-order valence-corrected chi connectivity index (χ1v) is 9.67. The minimum atomic E-state index is -0.184. The molecule has 5 nitrogen and oxygen atoms in total.